The van der Waals surface area contributed by atoms with Gasteiger partial charge in [-0.05, 0) is 81.9 Å². The van der Waals surface area contributed by atoms with Crippen LogP contribution >= 0.6 is 0 Å². The maximum absolute atomic E-state index is 6.83. The molecule has 4 heteroatoms. The van der Waals surface area contributed by atoms with Crippen molar-refractivity contribution in [3.05, 3.63) is 71.7 Å². The Balaban J connectivity index is 1.50. The molecule has 174 valence electrons. The van der Waals surface area contributed by atoms with Gasteiger partial charge >= 0.3 is 0 Å². The number of hydrogen-bond donors (Lipinski definition) is 2. The average Bonchev–Trinajstić information content (AvgIpc) is 2.81. The van der Waals surface area contributed by atoms with Crippen molar-refractivity contribution < 1.29 is 4.74 Å². The van der Waals surface area contributed by atoms with E-state index in [1.165, 1.54) is 5.56 Å². The quantitative estimate of drug-likeness (QED) is 0.445. The number of aromatic nitrogens is 1. The molecule has 33 heavy (non-hydrogen) atoms. The van der Waals surface area contributed by atoms with Crippen molar-refractivity contribution in [1.82, 2.24) is 4.98 Å². The van der Waals surface area contributed by atoms with Gasteiger partial charge in [0.15, 0.2) is 0 Å². The second-order valence-electron chi connectivity index (χ2n) is 9.45. The second kappa shape index (κ2) is 11.2. The van der Waals surface area contributed by atoms with Crippen LogP contribution in [0.5, 0.6) is 5.75 Å². The molecule has 0 spiro atoms. The minimum Gasteiger partial charge on any atom is -0.493 e. The molecule has 0 saturated heterocycles. The van der Waals surface area contributed by atoms with Crippen LogP contribution in [0.1, 0.15) is 62.8 Å². The fourth-order valence-electron chi connectivity index (χ4n) is 4.53. The molecule has 1 saturated carbocycles. The van der Waals surface area contributed by atoms with E-state index in [0.29, 0.717) is 24.1 Å². The summed E-state index contributed by atoms with van der Waals surface area (Å²) >= 11 is 0. The van der Waals surface area contributed by atoms with Crippen LogP contribution in [0, 0.1) is 31.1 Å². The molecule has 0 bridgehead atoms. The second-order valence-corrected chi connectivity index (χ2v) is 9.45. The van der Waals surface area contributed by atoms with E-state index in [4.69, 9.17) is 16.9 Å². The van der Waals surface area contributed by atoms with Gasteiger partial charge < -0.3 is 15.8 Å². The van der Waals surface area contributed by atoms with Crippen molar-refractivity contribution in [2.45, 2.75) is 58.4 Å². The summed E-state index contributed by atoms with van der Waals surface area (Å²) in [7, 11) is 0. The lowest BCUT2D eigenvalue weighted by Crippen LogP contribution is -2.45. The third kappa shape index (κ3) is 6.73. The summed E-state index contributed by atoms with van der Waals surface area (Å²) < 4.78 is 6.18. The number of anilines is 1. The maximum Gasteiger partial charge on any atom is 0.130 e. The van der Waals surface area contributed by atoms with Crippen LogP contribution in [0.4, 0.5) is 5.69 Å². The lowest BCUT2D eigenvalue weighted by molar-refractivity contribution is 0.154. The zero-order valence-electron chi connectivity index (χ0n) is 20.2. The average molecular weight is 444 g/mol. The number of hydrogen-bond acceptors (Lipinski definition) is 4. The first-order valence-corrected chi connectivity index (χ1v) is 11.9. The Bertz CT molecular complexity index is 1010. The van der Waals surface area contributed by atoms with Crippen LogP contribution in [0.25, 0.3) is 6.08 Å². The van der Waals surface area contributed by atoms with Crippen molar-refractivity contribution in [3.63, 3.8) is 0 Å². The van der Waals surface area contributed by atoms with Gasteiger partial charge in [0, 0.05) is 23.1 Å². The molecule has 1 aromatic carbocycles. The Morgan fingerprint density at radius 2 is 2.03 bits per heavy atom. The molecule has 0 radical (unpaired) electrons. The number of nitrogens with two attached hydrogens (primary N) is 1. The van der Waals surface area contributed by atoms with Gasteiger partial charge in [-0.3, -0.25) is 0 Å². The van der Waals surface area contributed by atoms with E-state index in [0.717, 1.165) is 54.8 Å². The van der Waals surface area contributed by atoms with E-state index in [9.17, 15) is 0 Å². The van der Waals surface area contributed by atoms with Gasteiger partial charge in [0.2, 0.25) is 0 Å². The first-order valence-electron chi connectivity index (χ1n) is 11.9. The first-order chi connectivity index (χ1) is 15.8. The molecule has 1 aliphatic carbocycles. The molecule has 2 aromatic rings. The summed E-state index contributed by atoms with van der Waals surface area (Å²) in [6, 6.07) is 10.3. The van der Waals surface area contributed by atoms with Crippen LogP contribution in [0.2, 0.25) is 0 Å². The topological polar surface area (TPSA) is 60.2 Å². The summed E-state index contributed by atoms with van der Waals surface area (Å²) in [5.74, 6) is 4.23. The van der Waals surface area contributed by atoms with Gasteiger partial charge in [0.25, 0.3) is 0 Å². The number of pyridine rings is 1. The van der Waals surface area contributed by atoms with Crippen molar-refractivity contribution in [2.75, 3.05) is 11.9 Å². The lowest BCUT2D eigenvalue weighted by atomic mass is 9.73. The minimum absolute atomic E-state index is 0.156. The monoisotopic (exact) mass is 443 g/mol. The molecule has 1 aromatic heterocycles. The van der Waals surface area contributed by atoms with Crippen LogP contribution in [0.3, 0.4) is 0 Å². The number of nitrogens with zero attached hydrogens (tertiary/aromatic N) is 1. The molecular weight excluding hydrogens is 406 g/mol. The molecule has 3 rings (SSSR count). The smallest absolute Gasteiger partial charge is 0.130 e. The molecule has 1 atom stereocenters. The summed E-state index contributed by atoms with van der Waals surface area (Å²) in [6.07, 6.45) is 16.3. The van der Waals surface area contributed by atoms with E-state index in [1.807, 2.05) is 25.1 Å². The number of benzene rings is 1. The van der Waals surface area contributed by atoms with Gasteiger partial charge in [-0.15, -0.1) is 6.42 Å². The Morgan fingerprint density at radius 3 is 2.67 bits per heavy atom. The molecule has 0 aliphatic heterocycles. The van der Waals surface area contributed by atoms with Crippen LogP contribution in [-0.4, -0.2) is 17.1 Å². The molecular formula is C29H37N3O. The van der Waals surface area contributed by atoms with Gasteiger partial charge in [-0.2, -0.15) is 0 Å². The van der Waals surface area contributed by atoms with Gasteiger partial charge in [-0.25, -0.2) is 4.98 Å². The van der Waals surface area contributed by atoms with Gasteiger partial charge in [0.1, 0.15) is 11.4 Å². The normalized spacial score (nSPS) is 21.4. The zero-order chi connectivity index (χ0) is 23.8. The number of ether oxygens (including phenoxy) is 1. The van der Waals surface area contributed by atoms with Crippen molar-refractivity contribution >= 4 is 11.8 Å². The fraction of sp³-hybridized carbons (Fsp3) is 0.414. The molecule has 3 N–H and O–H groups in total. The van der Waals surface area contributed by atoms with E-state index in [1.54, 1.807) is 6.20 Å². The highest BCUT2D eigenvalue weighted by Crippen LogP contribution is 2.36. The minimum atomic E-state index is -0.156. The van der Waals surface area contributed by atoms with Crippen molar-refractivity contribution in [1.29, 1.82) is 0 Å². The molecule has 0 amide bonds. The molecule has 1 fully saturated rings. The molecule has 1 aliphatic rings. The van der Waals surface area contributed by atoms with Gasteiger partial charge in [-0.1, -0.05) is 43.4 Å². The Labute approximate surface area is 199 Å². The van der Waals surface area contributed by atoms with Crippen molar-refractivity contribution in [2.24, 2.45) is 17.6 Å². The molecule has 1 heterocycles. The largest absolute Gasteiger partial charge is 0.493 e. The van der Waals surface area contributed by atoms with E-state index < -0.39 is 0 Å². The van der Waals surface area contributed by atoms with Crippen LogP contribution in [0.15, 0.2) is 54.9 Å². The van der Waals surface area contributed by atoms with E-state index in [-0.39, 0.29) is 5.54 Å². The van der Waals surface area contributed by atoms with E-state index >= 15 is 0 Å². The predicted octanol–water partition coefficient (Wildman–Crippen LogP) is 6.32. The summed E-state index contributed by atoms with van der Waals surface area (Å²) in [6.45, 7) is 11.2. The van der Waals surface area contributed by atoms with Crippen LogP contribution < -0.4 is 15.8 Å². The highest BCUT2D eigenvalue weighted by atomic mass is 16.5. The third-order valence-electron chi connectivity index (χ3n) is 6.66. The van der Waals surface area contributed by atoms with Gasteiger partial charge in [0.05, 0.1) is 12.2 Å². The maximum atomic E-state index is 6.83. The zero-order valence-corrected chi connectivity index (χ0v) is 20.2. The first kappa shape index (κ1) is 24.6. The molecule has 1 unspecified atom stereocenters. The SMILES string of the molecule is C#Cc1nccc(OCC2CCC(N)(CC(C)C(=C)Nc3ccc(C)cc3)CC2)c1/C=C\C. The lowest BCUT2D eigenvalue weighted by Gasteiger charge is -2.39. The number of allylic oxidation sites excluding steroid dienone is 2. The number of terminal acetylenes is 1. The number of nitrogens with one attached hydrogen (secondary N) is 1. The van der Waals surface area contributed by atoms with Crippen LogP contribution in [-0.2, 0) is 0 Å². The third-order valence-corrected chi connectivity index (χ3v) is 6.66. The number of rotatable bonds is 9. The summed E-state index contributed by atoms with van der Waals surface area (Å²) in [4.78, 5) is 4.27. The summed E-state index contributed by atoms with van der Waals surface area (Å²) in [5.41, 5.74) is 11.5. The molecule has 4 nitrogen and oxygen atoms in total. The van der Waals surface area contributed by atoms with Crippen molar-refractivity contribution in [3.8, 4) is 18.1 Å². The fourth-order valence-corrected chi connectivity index (χ4v) is 4.53. The highest BCUT2D eigenvalue weighted by molar-refractivity contribution is 5.62. The Morgan fingerprint density at radius 1 is 1.33 bits per heavy atom. The summed E-state index contributed by atoms with van der Waals surface area (Å²) in [5, 5.41) is 3.45. The highest BCUT2D eigenvalue weighted by Gasteiger charge is 2.33. The Hall–Kier alpha value is -3.03. The van der Waals surface area contributed by atoms with E-state index in [2.05, 4.69) is 60.9 Å². The number of aryl methyl sites for hydroxylation is 1. The predicted molar refractivity (Wildman–Crippen MR) is 139 cm³/mol. The standard InChI is InChI=1S/C29H37N3O/c1-6-8-26-27(7-2)31-18-15-28(26)33-20-24-13-16-29(30,17-14-24)19-22(4)23(5)32-25-11-9-21(3)10-12-25/h2,6,8-12,15,18,22,24,32H,5,13-14,16-17,19-20,30H2,1,3-4H3/b8-6-. The Kier molecular flexibility index (Phi) is 8.36.